The molecule has 1 rings (SSSR count). The van der Waals surface area contributed by atoms with E-state index < -0.39 is 0 Å². The number of hydrogen-bond acceptors (Lipinski definition) is 4. The quantitative estimate of drug-likeness (QED) is 0.767. The second kappa shape index (κ2) is 7.43. The van der Waals surface area contributed by atoms with Crippen molar-refractivity contribution in [3.05, 3.63) is 17.5 Å². The van der Waals surface area contributed by atoms with Gasteiger partial charge in [0, 0.05) is 30.5 Å². The molecule has 0 bridgehead atoms. The van der Waals surface area contributed by atoms with E-state index in [4.69, 9.17) is 4.52 Å². The van der Waals surface area contributed by atoms with Crippen LogP contribution in [0.3, 0.4) is 0 Å². The number of aryl methyl sites for hydroxylation is 1. The monoisotopic (exact) mass is 281 g/mol. The lowest BCUT2D eigenvalue weighted by Gasteiger charge is -2.38. The van der Waals surface area contributed by atoms with Crippen molar-refractivity contribution in [1.29, 1.82) is 0 Å². The SMILES string of the molecule is CCc1cc(C(=O)NC(C)C(CC)(CC)CNC)no1. The van der Waals surface area contributed by atoms with Gasteiger partial charge in [0.15, 0.2) is 5.69 Å². The van der Waals surface area contributed by atoms with Gasteiger partial charge in [-0.3, -0.25) is 4.79 Å². The van der Waals surface area contributed by atoms with Crippen LogP contribution in [0.5, 0.6) is 0 Å². The number of nitrogens with zero attached hydrogens (tertiary/aromatic N) is 1. The molecule has 5 nitrogen and oxygen atoms in total. The van der Waals surface area contributed by atoms with Gasteiger partial charge < -0.3 is 15.2 Å². The zero-order valence-corrected chi connectivity index (χ0v) is 13.2. The lowest BCUT2D eigenvalue weighted by molar-refractivity contribution is 0.0865. The maximum atomic E-state index is 12.2. The predicted molar refractivity (Wildman–Crippen MR) is 79.8 cm³/mol. The van der Waals surface area contributed by atoms with E-state index in [1.165, 1.54) is 0 Å². The minimum atomic E-state index is -0.164. The normalized spacial score (nSPS) is 13.2. The summed E-state index contributed by atoms with van der Waals surface area (Å²) in [5.41, 5.74) is 0.418. The van der Waals surface area contributed by atoms with E-state index in [1.807, 2.05) is 14.0 Å². The standard InChI is InChI=1S/C15H27N3O2/c1-6-12-9-13(18-20-12)14(19)17-11(4)15(7-2,8-3)10-16-5/h9,11,16H,6-8,10H2,1-5H3,(H,17,19). The minimum Gasteiger partial charge on any atom is -0.361 e. The van der Waals surface area contributed by atoms with E-state index in [-0.39, 0.29) is 17.4 Å². The fourth-order valence-corrected chi connectivity index (χ4v) is 2.63. The van der Waals surface area contributed by atoms with Crippen molar-refractivity contribution in [3.63, 3.8) is 0 Å². The number of hydrogen-bond donors (Lipinski definition) is 2. The smallest absolute Gasteiger partial charge is 0.273 e. The van der Waals surface area contributed by atoms with Crippen LogP contribution < -0.4 is 10.6 Å². The molecule has 0 radical (unpaired) electrons. The lowest BCUT2D eigenvalue weighted by atomic mass is 9.76. The molecule has 0 aliphatic rings. The highest BCUT2D eigenvalue weighted by Crippen LogP contribution is 2.30. The summed E-state index contributed by atoms with van der Waals surface area (Å²) in [6, 6.07) is 1.78. The molecule has 0 saturated carbocycles. The predicted octanol–water partition coefficient (Wildman–Crippen LogP) is 2.38. The van der Waals surface area contributed by atoms with Gasteiger partial charge in [0.2, 0.25) is 0 Å². The molecule has 20 heavy (non-hydrogen) atoms. The average molecular weight is 281 g/mol. The highest BCUT2D eigenvalue weighted by Gasteiger charge is 2.33. The average Bonchev–Trinajstić information content (AvgIpc) is 2.93. The molecule has 1 amide bonds. The Morgan fingerprint density at radius 1 is 1.40 bits per heavy atom. The summed E-state index contributed by atoms with van der Waals surface area (Å²) >= 11 is 0. The molecule has 1 heterocycles. The van der Waals surface area contributed by atoms with Gasteiger partial charge in [0.05, 0.1) is 0 Å². The third kappa shape index (κ3) is 3.60. The Bertz CT molecular complexity index is 425. The van der Waals surface area contributed by atoms with Gasteiger partial charge in [-0.2, -0.15) is 0 Å². The first kappa shape index (κ1) is 16.7. The summed E-state index contributed by atoms with van der Waals surface area (Å²) in [5, 5.41) is 10.1. The van der Waals surface area contributed by atoms with Crippen molar-refractivity contribution in [2.45, 2.75) is 53.0 Å². The van der Waals surface area contributed by atoms with Crippen molar-refractivity contribution in [3.8, 4) is 0 Å². The van der Waals surface area contributed by atoms with Crippen molar-refractivity contribution in [2.24, 2.45) is 5.41 Å². The molecule has 0 saturated heterocycles. The summed E-state index contributed by atoms with van der Waals surface area (Å²) in [6.45, 7) is 9.23. The van der Waals surface area contributed by atoms with Crippen LogP contribution in [0.15, 0.2) is 10.6 Å². The van der Waals surface area contributed by atoms with Crippen molar-refractivity contribution in [2.75, 3.05) is 13.6 Å². The van der Waals surface area contributed by atoms with Gasteiger partial charge in [0.1, 0.15) is 5.76 Å². The second-order valence-corrected chi connectivity index (χ2v) is 5.33. The summed E-state index contributed by atoms with van der Waals surface area (Å²) in [7, 11) is 1.94. The summed E-state index contributed by atoms with van der Waals surface area (Å²) in [4.78, 5) is 12.2. The van der Waals surface area contributed by atoms with Gasteiger partial charge in [0.25, 0.3) is 5.91 Å². The van der Waals surface area contributed by atoms with Crippen LogP contribution in [0.4, 0.5) is 0 Å². The van der Waals surface area contributed by atoms with E-state index in [0.29, 0.717) is 5.69 Å². The molecular weight excluding hydrogens is 254 g/mol. The highest BCUT2D eigenvalue weighted by molar-refractivity contribution is 5.92. The summed E-state index contributed by atoms with van der Waals surface area (Å²) < 4.78 is 5.08. The fourth-order valence-electron chi connectivity index (χ4n) is 2.63. The Morgan fingerprint density at radius 2 is 2.05 bits per heavy atom. The number of carbonyl (C=O) groups excluding carboxylic acids is 1. The van der Waals surface area contributed by atoms with E-state index in [1.54, 1.807) is 6.07 Å². The number of aromatic nitrogens is 1. The summed E-state index contributed by atoms with van der Waals surface area (Å²) in [5.74, 6) is 0.568. The van der Waals surface area contributed by atoms with Gasteiger partial charge in [-0.05, 0) is 26.8 Å². The highest BCUT2D eigenvalue weighted by atomic mass is 16.5. The Hall–Kier alpha value is -1.36. The Morgan fingerprint density at radius 3 is 2.50 bits per heavy atom. The topological polar surface area (TPSA) is 67.2 Å². The molecule has 114 valence electrons. The maximum absolute atomic E-state index is 12.2. The van der Waals surface area contributed by atoms with E-state index >= 15 is 0 Å². The van der Waals surface area contributed by atoms with Crippen molar-refractivity contribution < 1.29 is 9.32 Å². The van der Waals surface area contributed by atoms with Gasteiger partial charge in [-0.25, -0.2) is 0 Å². The van der Waals surface area contributed by atoms with Gasteiger partial charge >= 0.3 is 0 Å². The number of carbonyl (C=O) groups is 1. The Kier molecular flexibility index (Phi) is 6.20. The van der Waals surface area contributed by atoms with E-state index in [2.05, 4.69) is 36.6 Å². The van der Waals surface area contributed by atoms with Crippen molar-refractivity contribution in [1.82, 2.24) is 15.8 Å². The zero-order chi connectivity index (χ0) is 15.2. The first-order valence-corrected chi connectivity index (χ1v) is 7.44. The van der Waals surface area contributed by atoms with Crippen LogP contribution in [0.25, 0.3) is 0 Å². The number of nitrogens with one attached hydrogen (secondary N) is 2. The molecule has 0 aliphatic carbocycles. The molecular formula is C15H27N3O2. The molecule has 2 N–H and O–H groups in total. The lowest BCUT2D eigenvalue weighted by Crippen LogP contribution is -2.50. The van der Waals surface area contributed by atoms with Crippen LogP contribution in [-0.4, -0.2) is 30.7 Å². The van der Waals surface area contributed by atoms with Crippen LogP contribution >= 0.6 is 0 Å². The Labute approximate surface area is 121 Å². The zero-order valence-electron chi connectivity index (χ0n) is 13.2. The molecule has 0 aromatic carbocycles. The summed E-state index contributed by atoms with van der Waals surface area (Å²) in [6.07, 6.45) is 2.75. The molecule has 5 heteroatoms. The third-order valence-electron chi connectivity index (χ3n) is 4.34. The van der Waals surface area contributed by atoms with Crippen LogP contribution in [0.1, 0.15) is 56.8 Å². The minimum absolute atomic E-state index is 0.0573. The second-order valence-electron chi connectivity index (χ2n) is 5.33. The molecule has 1 atom stereocenters. The van der Waals surface area contributed by atoms with Crippen molar-refractivity contribution >= 4 is 5.91 Å². The maximum Gasteiger partial charge on any atom is 0.273 e. The molecule has 0 fully saturated rings. The number of rotatable bonds is 8. The Balaban J connectivity index is 2.76. The molecule has 1 aromatic heterocycles. The van der Waals surface area contributed by atoms with Gasteiger partial charge in [-0.1, -0.05) is 25.9 Å². The van der Waals surface area contributed by atoms with Crippen LogP contribution in [0.2, 0.25) is 0 Å². The molecule has 0 spiro atoms. The van der Waals surface area contributed by atoms with Gasteiger partial charge in [-0.15, -0.1) is 0 Å². The first-order chi connectivity index (χ1) is 9.52. The van der Waals surface area contributed by atoms with E-state index in [0.717, 1.165) is 31.6 Å². The molecule has 1 aromatic rings. The fraction of sp³-hybridized carbons (Fsp3) is 0.733. The molecule has 0 aliphatic heterocycles. The van der Waals surface area contributed by atoms with E-state index in [9.17, 15) is 4.79 Å². The first-order valence-electron chi connectivity index (χ1n) is 7.44. The van der Waals surface area contributed by atoms with Crippen LogP contribution in [0, 0.1) is 5.41 Å². The largest absolute Gasteiger partial charge is 0.361 e. The molecule has 1 unspecified atom stereocenters. The van der Waals surface area contributed by atoms with Crippen LogP contribution in [-0.2, 0) is 6.42 Å². The third-order valence-corrected chi connectivity index (χ3v) is 4.34. The number of amides is 1.